The molecule has 0 aromatic heterocycles. The minimum atomic E-state index is -0.361. The second kappa shape index (κ2) is 9.96. The smallest absolute Gasteiger partial charge is 0.251 e. The van der Waals surface area contributed by atoms with Crippen LogP contribution in [0.4, 0.5) is 5.69 Å². The molecule has 3 N–H and O–H groups in total. The number of nitrogens with one attached hydrogen (secondary N) is 3. The Morgan fingerprint density at radius 3 is 1.93 bits per heavy atom. The molecule has 2 aromatic carbocycles. The minimum absolute atomic E-state index is 0.163. The van der Waals surface area contributed by atoms with Gasteiger partial charge in [-0.2, -0.15) is 0 Å². The Morgan fingerprint density at radius 1 is 0.815 bits per heavy atom. The van der Waals surface area contributed by atoms with Crippen LogP contribution in [-0.2, 0) is 4.79 Å². The predicted molar refractivity (Wildman–Crippen MR) is 103 cm³/mol. The highest BCUT2D eigenvalue weighted by atomic mass is 16.5. The van der Waals surface area contributed by atoms with Crippen molar-refractivity contribution in [2.45, 2.75) is 13.8 Å². The van der Waals surface area contributed by atoms with E-state index in [-0.39, 0.29) is 24.3 Å². The Hall–Kier alpha value is -3.35. The number of hydrogen-bond acceptors (Lipinski definition) is 4. The monoisotopic (exact) mass is 369 g/mol. The first-order valence-corrected chi connectivity index (χ1v) is 8.72. The standard InChI is InChI=1S/C20H23N3O4/c1-3-21-19(25)14-5-9-16(10-6-14)23-18(24)13-22-20(26)15-7-11-17(12-8-15)27-4-2/h5-12H,3-4,13H2,1-2H3,(H,21,25)(H,22,26)(H,23,24). The van der Waals surface area contributed by atoms with Crippen LogP contribution in [0.15, 0.2) is 48.5 Å². The number of hydrogen-bond donors (Lipinski definition) is 3. The lowest BCUT2D eigenvalue weighted by Crippen LogP contribution is -2.32. The number of amides is 3. The normalized spacial score (nSPS) is 10.0. The van der Waals surface area contributed by atoms with Crippen LogP contribution in [0.1, 0.15) is 34.6 Å². The van der Waals surface area contributed by atoms with Gasteiger partial charge in [0.15, 0.2) is 0 Å². The maximum Gasteiger partial charge on any atom is 0.251 e. The molecule has 0 bridgehead atoms. The summed E-state index contributed by atoms with van der Waals surface area (Å²) in [4.78, 5) is 35.8. The molecular formula is C20H23N3O4. The first-order valence-electron chi connectivity index (χ1n) is 8.72. The molecule has 0 heterocycles. The quantitative estimate of drug-likeness (QED) is 0.665. The molecule has 0 radical (unpaired) electrons. The lowest BCUT2D eigenvalue weighted by atomic mass is 10.2. The van der Waals surface area contributed by atoms with Crippen molar-refractivity contribution in [3.8, 4) is 5.75 Å². The van der Waals surface area contributed by atoms with Gasteiger partial charge in [-0.05, 0) is 62.4 Å². The second-order valence-electron chi connectivity index (χ2n) is 5.63. The van der Waals surface area contributed by atoms with E-state index in [2.05, 4.69) is 16.0 Å². The summed E-state index contributed by atoms with van der Waals surface area (Å²) in [6, 6.07) is 13.2. The zero-order chi connectivity index (χ0) is 19.6. The molecule has 0 aliphatic carbocycles. The highest BCUT2D eigenvalue weighted by Crippen LogP contribution is 2.12. The van der Waals surface area contributed by atoms with E-state index < -0.39 is 0 Å². The molecule has 0 unspecified atom stereocenters. The number of benzene rings is 2. The first kappa shape index (κ1) is 20.0. The SMILES string of the molecule is CCNC(=O)c1ccc(NC(=O)CNC(=O)c2ccc(OCC)cc2)cc1. The number of carbonyl (C=O) groups excluding carboxylic acids is 3. The maximum absolute atomic E-state index is 12.1. The lowest BCUT2D eigenvalue weighted by Gasteiger charge is -2.08. The van der Waals surface area contributed by atoms with Crippen LogP contribution < -0.4 is 20.7 Å². The van der Waals surface area contributed by atoms with Crippen LogP contribution in [0.2, 0.25) is 0 Å². The molecule has 0 saturated heterocycles. The maximum atomic E-state index is 12.1. The predicted octanol–water partition coefficient (Wildman–Crippen LogP) is 2.20. The van der Waals surface area contributed by atoms with Gasteiger partial charge < -0.3 is 20.7 Å². The van der Waals surface area contributed by atoms with E-state index in [1.807, 2.05) is 13.8 Å². The molecule has 27 heavy (non-hydrogen) atoms. The van der Waals surface area contributed by atoms with E-state index in [1.165, 1.54) is 0 Å². The van der Waals surface area contributed by atoms with Crippen LogP contribution in [0.25, 0.3) is 0 Å². The number of rotatable bonds is 8. The summed E-state index contributed by atoms with van der Waals surface area (Å²) in [6.07, 6.45) is 0. The topological polar surface area (TPSA) is 96.5 Å². The van der Waals surface area contributed by atoms with Gasteiger partial charge in [0, 0.05) is 23.4 Å². The van der Waals surface area contributed by atoms with E-state index in [1.54, 1.807) is 48.5 Å². The third kappa shape index (κ3) is 6.14. The lowest BCUT2D eigenvalue weighted by molar-refractivity contribution is -0.115. The fourth-order valence-electron chi connectivity index (χ4n) is 2.30. The van der Waals surface area contributed by atoms with Gasteiger partial charge in [0.2, 0.25) is 5.91 Å². The minimum Gasteiger partial charge on any atom is -0.494 e. The van der Waals surface area contributed by atoms with Gasteiger partial charge in [-0.3, -0.25) is 14.4 Å². The molecule has 0 aliphatic heterocycles. The molecule has 0 saturated carbocycles. The van der Waals surface area contributed by atoms with Crippen molar-refractivity contribution in [1.82, 2.24) is 10.6 Å². The van der Waals surface area contributed by atoms with Crippen molar-refractivity contribution in [3.63, 3.8) is 0 Å². The molecular weight excluding hydrogens is 346 g/mol. The summed E-state index contributed by atoms with van der Waals surface area (Å²) in [5, 5.41) is 7.93. The summed E-state index contributed by atoms with van der Waals surface area (Å²) < 4.78 is 5.32. The molecule has 0 fully saturated rings. The average molecular weight is 369 g/mol. The number of carbonyl (C=O) groups is 3. The Morgan fingerprint density at radius 2 is 1.37 bits per heavy atom. The van der Waals surface area contributed by atoms with Gasteiger partial charge in [-0.15, -0.1) is 0 Å². The van der Waals surface area contributed by atoms with E-state index >= 15 is 0 Å². The molecule has 3 amide bonds. The van der Waals surface area contributed by atoms with Gasteiger partial charge in [-0.1, -0.05) is 0 Å². The summed E-state index contributed by atoms with van der Waals surface area (Å²) in [5.41, 5.74) is 1.50. The van der Waals surface area contributed by atoms with Gasteiger partial charge in [0.05, 0.1) is 13.2 Å². The van der Waals surface area contributed by atoms with Crippen LogP contribution in [0, 0.1) is 0 Å². The molecule has 7 nitrogen and oxygen atoms in total. The van der Waals surface area contributed by atoms with E-state index in [9.17, 15) is 14.4 Å². The average Bonchev–Trinajstić information content (AvgIpc) is 2.68. The fraction of sp³-hybridized carbons (Fsp3) is 0.250. The van der Waals surface area contributed by atoms with Crippen LogP contribution in [0.3, 0.4) is 0 Å². The van der Waals surface area contributed by atoms with Gasteiger partial charge in [-0.25, -0.2) is 0 Å². The Labute approximate surface area is 158 Å². The molecule has 142 valence electrons. The third-order valence-electron chi connectivity index (χ3n) is 3.61. The zero-order valence-corrected chi connectivity index (χ0v) is 15.4. The molecule has 2 aromatic rings. The van der Waals surface area contributed by atoms with Crippen molar-refractivity contribution >= 4 is 23.4 Å². The van der Waals surface area contributed by atoms with Crippen LogP contribution in [0.5, 0.6) is 5.75 Å². The Kier molecular flexibility index (Phi) is 7.37. The van der Waals surface area contributed by atoms with E-state index in [0.29, 0.717) is 35.7 Å². The van der Waals surface area contributed by atoms with Crippen molar-refractivity contribution in [2.24, 2.45) is 0 Å². The van der Waals surface area contributed by atoms with E-state index in [4.69, 9.17) is 4.74 Å². The van der Waals surface area contributed by atoms with Crippen molar-refractivity contribution in [3.05, 3.63) is 59.7 Å². The second-order valence-corrected chi connectivity index (χ2v) is 5.63. The molecule has 0 spiro atoms. The molecule has 0 atom stereocenters. The van der Waals surface area contributed by atoms with Gasteiger partial charge in [0.1, 0.15) is 5.75 Å². The fourth-order valence-corrected chi connectivity index (χ4v) is 2.30. The zero-order valence-electron chi connectivity index (χ0n) is 15.4. The Balaban J connectivity index is 1.83. The molecule has 7 heteroatoms. The first-order chi connectivity index (χ1) is 13.0. The summed E-state index contributed by atoms with van der Waals surface area (Å²) in [5.74, 6) is -0.194. The molecule has 0 aliphatic rings. The van der Waals surface area contributed by atoms with Crippen molar-refractivity contribution in [1.29, 1.82) is 0 Å². The Bertz CT molecular complexity index is 786. The largest absolute Gasteiger partial charge is 0.494 e. The summed E-state index contributed by atoms with van der Waals surface area (Å²) >= 11 is 0. The van der Waals surface area contributed by atoms with Crippen molar-refractivity contribution < 1.29 is 19.1 Å². The van der Waals surface area contributed by atoms with Crippen molar-refractivity contribution in [2.75, 3.05) is 25.0 Å². The molecule has 2 rings (SSSR count). The third-order valence-corrected chi connectivity index (χ3v) is 3.61. The summed E-state index contributed by atoms with van der Waals surface area (Å²) in [7, 11) is 0. The van der Waals surface area contributed by atoms with E-state index in [0.717, 1.165) is 0 Å². The summed E-state index contributed by atoms with van der Waals surface area (Å²) in [6.45, 7) is 4.66. The van der Waals surface area contributed by atoms with Crippen LogP contribution >= 0.6 is 0 Å². The highest BCUT2D eigenvalue weighted by molar-refractivity contribution is 6.00. The number of anilines is 1. The number of ether oxygens (including phenoxy) is 1. The van der Waals surface area contributed by atoms with Crippen LogP contribution in [-0.4, -0.2) is 37.4 Å². The highest BCUT2D eigenvalue weighted by Gasteiger charge is 2.09. The van der Waals surface area contributed by atoms with Gasteiger partial charge in [0.25, 0.3) is 11.8 Å². The van der Waals surface area contributed by atoms with Gasteiger partial charge >= 0.3 is 0 Å².